The Morgan fingerprint density at radius 2 is 2.19 bits per heavy atom. The number of aliphatic hydroxyl groups excluding tert-OH is 1. The van der Waals surface area contributed by atoms with Crippen molar-refractivity contribution in [3.63, 3.8) is 0 Å². The maximum Gasteiger partial charge on any atom is 0.293 e. The number of aliphatic hydroxyl groups is 1. The number of anilines is 1. The van der Waals surface area contributed by atoms with E-state index in [9.17, 15) is 18.5 Å². The van der Waals surface area contributed by atoms with Crippen LogP contribution in [0.25, 0.3) is 0 Å². The summed E-state index contributed by atoms with van der Waals surface area (Å²) in [6, 6.07) is 3.49. The Morgan fingerprint density at radius 1 is 1.48 bits per heavy atom. The fraction of sp³-hybridized carbons (Fsp3) is 0.500. The second-order valence-electron chi connectivity index (χ2n) is 5.01. The molecule has 0 aromatic heterocycles. The zero-order chi connectivity index (χ0) is 15.6. The molecule has 8 nitrogen and oxygen atoms in total. The van der Waals surface area contributed by atoms with Crippen LogP contribution < -0.4 is 5.73 Å². The van der Waals surface area contributed by atoms with Gasteiger partial charge in [0.05, 0.1) is 9.82 Å². The van der Waals surface area contributed by atoms with Gasteiger partial charge in [0.15, 0.2) is 0 Å². The average Bonchev–Trinajstić information content (AvgIpc) is 2.88. The summed E-state index contributed by atoms with van der Waals surface area (Å²) in [6.45, 7) is 0.693. The maximum absolute atomic E-state index is 12.5. The second kappa shape index (κ2) is 5.96. The predicted octanol–water partition coefficient (Wildman–Crippen LogP) is 0.570. The number of hydrogen-bond acceptors (Lipinski definition) is 6. The molecule has 1 saturated heterocycles. The first-order valence-corrected chi connectivity index (χ1v) is 7.95. The van der Waals surface area contributed by atoms with E-state index in [1.165, 1.54) is 16.4 Å². The van der Waals surface area contributed by atoms with Gasteiger partial charge in [-0.2, -0.15) is 4.31 Å². The van der Waals surface area contributed by atoms with E-state index >= 15 is 0 Å². The number of hydrogen-bond donors (Lipinski definition) is 2. The number of nitrogens with zero attached hydrogens (tertiary/aromatic N) is 2. The summed E-state index contributed by atoms with van der Waals surface area (Å²) in [6.07, 6.45) is 1.23. The molecular weight excluding hydrogens is 298 g/mol. The van der Waals surface area contributed by atoms with Gasteiger partial charge in [-0.05, 0) is 30.9 Å². The van der Waals surface area contributed by atoms with Crippen LogP contribution in [0.15, 0.2) is 23.1 Å². The molecule has 9 heteroatoms. The van der Waals surface area contributed by atoms with E-state index < -0.39 is 20.6 Å². The molecule has 1 fully saturated rings. The summed E-state index contributed by atoms with van der Waals surface area (Å²) in [5.41, 5.74) is 4.99. The van der Waals surface area contributed by atoms with Crippen LogP contribution in [0.2, 0.25) is 0 Å². The Balaban J connectivity index is 2.28. The standard InChI is InChI=1S/C12H17N3O5S/c13-11-2-1-10(7-12(11)15(17)18)21(19,20)14-5-3-9(8-14)4-6-16/h1-2,7,9,16H,3-6,8,13H2. The Morgan fingerprint density at radius 3 is 2.81 bits per heavy atom. The lowest BCUT2D eigenvalue weighted by Crippen LogP contribution is -2.29. The number of sulfonamides is 1. The minimum atomic E-state index is -3.77. The van der Waals surface area contributed by atoms with Gasteiger partial charge in [-0.25, -0.2) is 8.42 Å². The molecule has 1 aliphatic heterocycles. The first-order valence-electron chi connectivity index (χ1n) is 6.51. The lowest BCUT2D eigenvalue weighted by molar-refractivity contribution is -0.384. The van der Waals surface area contributed by atoms with E-state index in [4.69, 9.17) is 10.8 Å². The topological polar surface area (TPSA) is 127 Å². The van der Waals surface area contributed by atoms with Crippen LogP contribution in [-0.4, -0.2) is 42.4 Å². The SMILES string of the molecule is Nc1ccc(S(=O)(=O)N2CCC(CCO)C2)cc1[N+](=O)[O-]. The minimum absolute atomic E-state index is 0.0197. The Bertz CT molecular complexity index is 646. The molecule has 1 heterocycles. The van der Waals surface area contributed by atoms with Gasteiger partial charge in [-0.1, -0.05) is 0 Å². The van der Waals surface area contributed by atoms with Crippen molar-refractivity contribution in [3.05, 3.63) is 28.3 Å². The molecule has 0 aliphatic carbocycles. The number of nitrogens with two attached hydrogens (primary N) is 1. The number of benzene rings is 1. The van der Waals surface area contributed by atoms with E-state index in [1.807, 2.05) is 0 Å². The summed E-state index contributed by atoms with van der Waals surface area (Å²) in [5.74, 6) is 0.119. The van der Waals surface area contributed by atoms with Crippen LogP contribution in [0.5, 0.6) is 0 Å². The fourth-order valence-corrected chi connectivity index (χ4v) is 3.98. The molecule has 0 bridgehead atoms. The van der Waals surface area contributed by atoms with Crippen molar-refractivity contribution in [2.24, 2.45) is 5.92 Å². The molecule has 1 aromatic rings. The maximum atomic E-state index is 12.5. The molecule has 21 heavy (non-hydrogen) atoms. The summed E-state index contributed by atoms with van der Waals surface area (Å²) in [4.78, 5) is 10.0. The van der Waals surface area contributed by atoms with Gasteiger partial charge < -0.3 is 10.8 Å². The Hall–Kier alpha value is -1.71. The highest BCUT2D eigenvalue weighted by atomic mass is 32.2. The van der Waals surface area contributed by atoms with Crippen molar-refractivity contribution in [2.75, 3.05) is 25.4 Å². The highest BCUT2D eigenvalue weighted by molar-refractivity contribution is 7.89. The molecule has 0 amide bonds. The highest BCUT2D eigenvalue weighted by Gasteiger charge is 2.33. The molecule has 1 unspecified atom stereocenters. The Labute approximate surface area is 122 Å². The molecule has 3 N–H and O–H groups in total. The van der Waals surface area contributed by atoms with Gasteiger partial charge in [0.1, 0.15) is 5.69 Å². The van der Waals surface area contributed by atoms with Crippen LogP contribution >= 0.6 is 0 Å². The average molecular weight is 315 g/mol. The zero-order valence-electron chi connectivity index (χ0n) is 11.3. The summed E-state index contributed by atoms with van der Waals surface area (Å²) >= 11 is 0. The molecular formula is C12H17N3O5S. The molecule has 0 spiro atoms. The Kier molecular flexibility index (Phi) is 4.45. The zero-order valence-corrected chi connectivity index (χ0v) is 12.1. The number of nitro groups is 1. The lowest BCUT2D eigenvalue weighted by Gasteiger charge is -2.16. The highest BCUT2D eigenvalue weighted by Crippen LogP contribution is 2.30. The van der Waals surface area contributed by atoms with Crippen molar-refractivity contribution in [3.8, 4) is 0 Å². The predicted molar refractivity (Wildman–Crippen MR) is 76.1 cm³/mol. The van der Waals surface area contributed by atoms with Gasteiger partial charge in [0.25, 0.3) is 5.69 Å². The third-order valence-electron chi connectivity index (χ3n) is 3.62. The summed E-state index contributed by atoms with van der Waals surface area (Å²) in [5, 5.41) is 19.8. The van der Waals surface area contributed by atoms with Crippen LogP contribution in [0.3, 0.4) is 0 Å². The molecule has 1 aromatic carbocycles. The van der Waals surface area contributed by atoms with Gasteiger partial charge in [0.2, 0.25) is 10.0 Å². The lowest BCUT2D eigenvalue weighted by atomic mass is 10.1. The monoisotopic (exact) mass is 315 g/mol. The van der Waals surface area contributed by atoms with Crippen molar-refractivity contribution in [1.82, 2.24) is 4.31 Å². The van der Waals surface area contributed by atoms with Crippen molar-refractivity contribution < 1.29 is 18.4 Å². The van der Waals surface area contributed by atoms with Crippen molar-refractivity contribution in [2.45, 2.75) is 17.7 Å². The molecule has 1 atom stereocenters. The van der Waals surface area contributed by atoms with E-state index in [0.717, 1.165) is 6.07 Å². The minimum Gasteiger partial charge on any atom is -0.396 e. The third-order valence-corrected chi connectivity index (χ3v) is 5.48. The van der Waals surface area contributed by atoms with Gasteiger partial charge in [-0.3, -0.25) is 10.1 Å². The van der Waals surface area contributed by atoms with Crippen LogP contribution in [-0.2, 0) is 10.0 Å². The number of nitrogen functional groups attached to an aromatic ring is 1. The molecule has 1 aliphatic rings. The quantitative estimate of drug-likeness (QED) is 0.464. The van der Waals surface area contributed by atoms with E-state index in [1.54, 1.807) is 0 Å². The first-order chi connectivity index (χ1) is 9.86. The third kappa shape index (κ3) is 3.14. The molecule has 116 valence electrons. The first kappa shape index (κ1) is 15.7. The van der Waals surface area contributed by atoms with Crippen LogP contribution in [0.4, 0.5) is 11.4 Å². The number of nitro benzene ring substituents is 1. The molecule has 2 rings (SSSR count). The summed E-state index contributed by atoms with van der Waals surface area (Å²) < 4.78 is 26.2. The van der Waals surface area contributed by atoms with Crippen LogP contribution in [0.1, 0.15) is 12.8 Å². The fourth-order valence-electron chi connectivity index (χ4n) is 2.42. The van der Waals surface area contributed by atoms with Crippen LogP contribution in [0, 0.1) is 16.0 Å². The van der Waals surface area contributed by atoms with Crippen molar-refractivity contribution >= 4 is 21.4 Å². The second-order valence-corrected chi connectivity index (χ2v) is 6.95. The van der Waals surface area contributed by atoms with E-state index in [-0.39, 0.29) is 23.1 Å². The smallest absolute Gasteiger partial charge is 0.293 e. The molecule has 0 saturated carbocycles. The van der Waals surface area contributed by atoms with Gasteiger partial charge in [0, 0.05) is 25.8 Å². The number of rotatable bonds is 5. The normalized spacial score (nSPS) is 19.8. The summed E-state index contributed by atoms with van der Waals surface area (Å²) in [7, 11) is -3.77. The van der Waals surface area contributed by atoms with Gasteiger partial charge in [-0.15, -0.1) is 0 Å². The van der Waals surface area contributed by atoms with Crippen molar-refractivity contribution in [1.29, 1.82) is 0 Å². The largest absolute Gasteiger partial charge is 0.396 e. The van der Waals surface area contributed by atoms with Gasteiger partial charge >= 0.3 is 0 Å². The van der Waals surface area contributed by atoms with E-state index in [2.05, 4.69) is 0 Å². The van der Waals surface area contributed by atoms with E-state index in [0.29, 0.717) is 25.9 Å². The molecule has 0 radical (unpaired) electrons.